The maximum atomic E-state index is 13.2. The number of carboxylic acid groups (broad SMARTS) is 1. The first-order valence-corrected chi connectivity index (χ1v) is 7.98. The Hall–Kier alpha value is -3.73. The number of aromatic carboxylic acids is 1. The molecule has 0 bridgehead atoms. The highest BCUT2D eigenvalue weighted by molar-refractivity contribution is 6.05. The van der Waals surface area contributed by atoms with Gasteiger partial charge in [0.1, 0.15) is 0 Å². The summed E-state index contributed by atoms with van der Waals surface area (Å²) in [5, 5.41) is 11.4. The number of carboxylic acids is 1. The van der Waals surface area contributed by atoms with E-state index in [0.717, 1.165) is 4.57 Å². The molecule has 0 aliphatic carbocycles. The molecule has 0 fully saturated rings. The van der Waals surface area contributed by atoms with E-state index < -0.39 is 17.1 Å². The van der Waals surface area contributed by atoms with Crippen molar-refractivity contribution in [2.75, 3.05) is 0 Å². The van der Waals surface area contributed by atoms with Crippen LogP contribution in [0.3, 0.4) is 0 Å². The van der Waals surface area contributed by atoms with Gasteiger partial charge in [-0.15, -0.1) is 0 Å². The SMILES string of the molecule is O=C(O)c1cccc(-n2c(=O)c3ccccc3c3ccccc3c2=O)c1. The monoisotopic (exact) mass is 343 g/mol. The molecule has 1 heterocycles. The van der Waals surface area contributed by atoms with Gasteiger partial charge >= 0.3 is 5.97 Å². The number of benzene rings is 3. The summed E-state index contributed by atoms with van der Waals surface area (Å²) in [5.74, 6) is -1.12. The Morgan fingerprint density at radius 2 is 1.19 bits per heavy atom. The van der Waals surface area contributed by atoms with Crippen LogP contribution in [0.5, 0.6) is 0 Å². The molecule has 0 aliphatic rings. The van der Waals surface area contributed by atoms with Crippen molar-refractivity contribution < 1.29 is 9.90 Å². The lowest BCUT2D eigenvalue weighted by Gasteiger charge is -2.04. The van der Waals surface area contributed by atoms with Gasteiger partial charge in [0, 0.05) is 10.8 Å². The van der Waals surface area contributed by atoms with E-state index in [1.165, 1.54) is 18.2 Å². The number of hydrogen-bond acceptors (Lipinski definition) is 3. The van der Waals surface area contributed by atoms with Gasteiger partial charge in [0.15, 0.2) is 0 Å². The molecule has 4 aromatic rings. The first kappa shape index (κ1) is 15.8. The molecule has 0 atom stereocenters. The molecule has 3 aromatic carbocycles. The summed E-state index contributed by atoms with van der Waals surface area (Å²) < 4.78 is 1.04. The van der Waals surface area contributed by atoms with Crippen molar-refractivity contribution in [2.45, 2.75) is 0 Å². The molecule has 26 heavy (non-hydrogen) atoms. The van der Waals surface area contributed by atoms with Crippen LogP contribution < -0.4 is 11.1 Å². The van der Waals surface area contributed by atoms with Gasteiger partial charge in [-0.2, -0.15) is 0 Å². The minimum absolute atomic E-state index is 0.00826. The van der Waals surface area contributed by atoms with Crippen LogP contribution in [0.2, 0.25) is 0 Å². The number of aromatic nitrogens is 1. The van der Waals surface area contributed by atoms with Gasteiger partial charge in [-0.3, -0.25) is 9.59 Å². The van der Waals surface area contributed by atoms with E-state index in [-0.39, 0.29) is 11.3 Å². The normalized spacial score (nSPS) is 10.9. The van der Waals surface area contributed by atoms with Gasteiger partial charge in [0.05, 0.1) is 11.3 Å². The Balaban J connectivity index is 2.27. The third kappa shape index (κ3) is 2.38. The maximum Gasteiger partial charge on any atom is 0.335 e. The van der Waals surface area contributed by atoms with E-state index in [0.29, 0.717) is 21.5 Å². The van der Waals surface area contributed by atoms with E-state index in [4.69, 9.17) is 0 Å². The second-order valence-electron chi connectivity index (χ2n) is 5.89. The largest absolute Gasteiger partial charge is 0.478 e. The van der Waals surface area contributed by atoms with Crippen LogP contribution in [-0.2, 0) is 0 Å². The van der Waals surface area contributed by atoms with Crippen LogP contribution in [0, 0.1) is 0 Å². The van der Waals surface area contributed by atoms with E-state index in [1.54, 1.807) is 42.5 Å². The fourth-order valence-corrected chi connectivity index (χ4v) is 3.15. The van der Waals surface area contributed by atoms with Gasteiger partial charge in [-0.25, -0.2) is 9.36 Å². The van der Waals surface area contributed by atoms with Crippen LogP contribution in [0.25, 0.3) is 27.2 Å². The fraction of sp³-hybridized carbons (Fsp3) is 0. The number of hydrogen-bond donors (Lipinski definition) is 1. The highest BCUT2D eigenvalue weighted by atomic mass is 16.4. The number of rotatable bonds is 2. The molecule has 0 aliphatic heterocycles. The van der Waals surface area contributed by atoms with E-state index in [2.05, 4.69) is 0 Å². The van der Waals surface area contributed by atoms with Crippen LogP contribution in [0.15, 0.2) is 82.4 Å². The minimum Gasteiger partial charge on any atom is -0.478 e. The van der Waals surface area contributed by atoms with Crippen molar-refractivity contribution in [3.05, 3.63) is 99.1 Å². The Labute approximate surface area is 147 Å². The van der Waals surface area contributed by atoms with E-state index >= 15 is 0 Å². The quantitative estimate of drug-likeness (QED) is 0.606. The predicted octanol–water partition coefficient (Wildman–Crippen LogP) is 3.20. The Kier molecular flexibility index (Phi) is 3.62. The summed E-state index contributed by atoms with van der Waals surface area (Å²) in [5.41, 5.74) is -0.728. The van der Waals surface area contributed by atoms with Crippen LogP contribution in [-0.4, -0.2) is 15.6 Å². The molecule has 0 amide bonds. The standard InChI is InChI=1S/C21H13NO4/c23-19-17-10-3-1-8-15(17)16-9-2-4-11-18(16)20(24)22(19)14-7-5-6-13(12-14)21(25)26/h1-12H,(H,25,26). The topological polar surface area (TPSA) is 76.4 Å². The average Bonchev–Trinajstić information content (AvgIpc) is 2.76. The van der Waals surface area contributed by atoms with E-state index in [9.17, 15) is 19.5 Å². The molecular weight excluding hydrogens is 330 g/mol. The third-order valence-electron chi connectivity index (χ3n) is 4.36. The second-order valence-corrected chi connectivity index (χ2v) is 5.89. The van der Waals surface area contributed by atoms with Gasteiger partial charge in [0.2, 0.25) is 0 Å². The molecule has 1 aromatic heterocycles. The van der Waals surface area contributed by atoms with Crippen molar-refractivity contribution in [2.24, 2.45) is 0 Å². The molecule has 0 spiro atoms. The third-order valence-corrected chi connectivity index (χ3v) is 4.36. The highest BCUT2D eigenvalue weighted by Gasteiger charge is 2.13. The van der Waals surface area contributed by atoms with Crippen LogP contribution >= 0.6 is 0 Å². The minimum atomic E-state index is -1.12. The van der Waals surface area contributed by atoms with Crippen LogP contribution in [0.1, 0.15) is 10.4 Å². The summed E-state index contributed by atoms with van der Waals surface area (Å²) in [4.78, 5) is 37.6. The lowest BCUT2D eigenvalue weighted by atomic mass is 10.1. The van der Waals surface area contributed by atoms with Crippen molar-refractivity contribution in [1.82, 2.24) is 4.57 Å². The van der Waals surface area contributed by atoms with Crippen LogP contribution in [0.4, 0.5) is 0 Å². The molecule has 0 saturated heterocycles. The summed E-state index contributed by atoms with van der Waals surface area (Å²) in [6, 6.07) is 19.9. The lowest BCUT2D eigenvalue weighted by molar-refractivity contribution is 0.0697. The Morgan fingerprint density at radius 1 is 0.692 bits per heavy atom. The summed E-state index contributed by atoms with van der Waals surface area (Å²) in [6.45, 7) is 0. The fourth-order valence-electron chi connectivity index (χ4n) is 3.15. The first-order chi connectivity index (χ1) is 12.6. The Bertz CT molecular complexity index is 1230. The Morgan fingerprint density at radius 3 is 1.69 bits per heavy atom. The summed E-state index contributed by atoms with van der Waals surface area (Å²) in [7, 11) is 0. The zero-order valence-electron chi connectivity index (χ0n) is 13.5. The molecule has 1 N–H and O–H groups in total. The number of nitrogens with zero attached hydrogens (tertiary/aromatic N) is 1. The summed E-state index contributed by atoms with van der Waals surface area (Å²) in [6.07, 6.45) is 0. The first-order valence-electron chi connectivity index (χ1n) is 7.98. The molecule has 5 nitrogen and oxygen atoms in total. The smallest absolute Gasteiger partial charge is 0.335 e. The summed E-state index contributed by atoms with van der Waals surface area (Å²) >= 11 is 0. The van der Waals surface area contributed by atoms with Crippen molar-refractivity contribution in [3.63, 3.8) is 0 Å². The van der Waals surface area contributed by atoms with Crippen molar-refractivity contribution >= 4 is 27.5 Å². The van der Waals surface area contributed by atoms with Gasteiger partial charge in [-0.1, -0.05) is 42.5 Å². The van der Waals surface area contributed by atoms with Gasteiger partial charge < -0.3 is 5.11 Å². The maximum absolute atomic E-state index is 13.2. The molecule has 5 heteroatoms. The van der Waals surface area contributed by atoms with Crippen molar-refractivity contribution in [1.29, 1.82) is 0 Å². The number of carbonyl (C=O) groups is 1. The second kappa shape index (κ2) is 5.97. The highest BCUT2D eigenvalue weighted by Crippen LogP contribution is 2.20. The van der Waals surface area contributed by atoms with E-state index in [1.807, 2.05) is 12.1 Å². The van der Waals surface area contributed by atoms with Gasteiger partial charge in [0.25, 0.3) is 11.1 Å². The zero-order valence-corrected chi connectivity index (χ0v) is 13.5. The van der Waals surface area contributed by atoms with Gasteiger partial charge in [-0.05, 0) is 41.1 Å². The zero-order chi connectivity index (χ0) is 18.3. The molecular formula is C21H13NO4. The molecule has 0 saturated carbocycles. The number of fused-ring (bicyclic) bond motifs is 3. The lowest BCUT2D eigenvalue weighted by Crippen LogP contribution is -2.28. The molecule has 126 valence electrons. The predicted molar refractivity (Wildman–Crippen MR) is 100 cm³/mol. The molecule has 0 unspecified atom stereocenters. The van der Waals surface area contributed by atoms with Crippen molar-refractivity contribution in [3.8, 4) is 5.69 Å². The molecule has 0 radical (unpaired) electrons. The average molecular weight is 343 g/mol. The molecule has 4 rings (SSSR count).